The maximum Gasteiger partial charge on any atom is 0.334 e. The minimum Gasteiger partial charge on any atom is -0.479 e. The second-order valence-electron chi connectivity index (χ2n) is 3.27. The molecule has 0 rings (SSSR count). The molecule has 2 atom stereocenters. The fourth-order valence-electron chi connectivity index (χ4n) is 1.02. The molecule has 94 valence electrons. The Morgan fingerprint density at radius 1 is 1.50 bits per heavy atom. The molecular weight excluding hydrogens is 232 g/mol. The summed E-state index contributed by atoms with van der Waals surface area (Å²) in [6, 6.07) is -0.342. The van der Waals surface area contributed by atoms with E-state index in [4.69, 9.17) is 5.11 Å². The van der Waals surface area contributed by atoms with Crippen LogP contribution in [-0.4, -0.2) is 54.9 Å². The number of aliphatic carboxylic acids is 1. The highest BCUT2D eigenvalue weighted by Gasteiger charge is 2.17. The summed E-state index contributed by atoms with van der Waals surface area (Å²) in [6.45, 7) is 1.82. The molecule has 0 aliphatic rings. The molecule has 0 aliphatic heterocycles. The van der Waals surface area contributed by atoms with Gasteiger partial charge in [-0.3, -0.25) is 0 Å². The first kappa shape index (κ1) is 15.0. The lowest BCUT2D eigenvalue weighted by atomic mass is 10.3. The van der Waals surface area contributed by atoms with Crippen molar-refractivity contribution in [3.63, 3.8) is 0 Å². The van der Waals surface area contributed by atoms with Crippen molar-refractivity contribution < 1.29 is 19.4 Å². The number of carboxylic acids is 1. The largest absolute Gasteiger partial charge is 0.479 e. The number of rotatable bonds is 7. The molecule has 0 aliphatic carbocycles. The molecule has 0 saturated heterocycles. The molecule has 0 aromatic carbocycles. The van der Waals surface area contributed by atoms with Crippen LogP contribution >= 0.6 is 11.8 Å². The first-order chi connectivity index (χ1) is 7.51. The summed E-state index contributed by atoms with van der Waals surface area (Å²) in [6.07, 6.45) is 0.933. The maximum atomic E-state index is 11.3. The number of thioether (sulfide) groups is 1. The minimum atomic E-state index is -1.10. The third-order valence-electron chi connectivity index (χ3n) is 1.80. The van der Waals surface area contributed by atoms with Crippen LogP contribution < -0.4 is 10.6 Å². The van der Waals surface area contributed by atoms with Gasteiger partial charge in [0.15, 0.2) is 6.10 Å². The fourth-order valence-corrected chi connectivity index (χ4v) is 1.61. The number of ether oxygens (including phenoxy) is 1. The molecule has 6 nitrogen and oxygen atoms in total. The molecule has 16 heavy (non-hydrogen) atoms. The van der Waals surface area contributed by atoms with Crippen LogP contribution in [0.4, 0.5) is 4.79 Å². The van der Waals surface area contributed by atoms with E-state index in [9.17, 15) is 9.59 Å². The fraction of sp³-hybridized carbons (Fsp3) is 0.778. The SMILES string of the molecule is COC(CNC(=O)NC(C)CSC)C(=O)O. The summed E-state index contributed by atoms with van der Waals surface area (Å²) in [5.41, 5.74) is 0. The van der Waals surface area contributed by atoms with Crippen molar-refractivity contribution in [1.82, 2.24) is 10.6 Å². The molecule has 2 amide bonds. The molecule has 7 heteroatoms. The van der Waals surface area contributed by atoms with E-state index >= 15 is 0 Å². The van der Waals surface area contributed by atoms with E-state index in [-0.39, 0.29) is 18.6 Å². The Kier molecular flexibility index (Phi) is 7.74. The van der Waals surface area contributed by atoms with Crippen molar-refractivity contribution in [1.29, 1.82) is 0 Å². The summed E-state index contributed by atoms with van der Waals surface area (Å²) in [7, 11) is 1.29. The lowest BCUT2D eigenvalue weighted by Gasteiger charge is -2.15. The zero-order chi connectivity index (χ0) is 12.6. The van der Waals surface area contributed by atoms with Gasteiger partial charge >= 0.3 is 12.0 Å². The van der Waals surface area contributed by atoms with E-state index in [1.54, 1.807) is 11.8 Å². The maximum absolute atomic E-state index is 11.3. The van der Waals surface area contributed by atoms with Crippen LogP contribution in [0.5, 0.6) is 0 Å². The minimum absolute atomic E-state index is 0.0424. The lowest BCUT2D eigenvalue weighted by molar-refractivity contribution is -0.147. The van der Waals surface area contributed by atoms with Gasteiger partial charge in [-0.2, -0.15) is 11.8 Å². The third-order valence-corrected chi connectivity index (χ3v) is 2.64. The lowest BCUT2D eigenvalue weighted by Crippen LogP contribution is -2.46. The quantitative estimate of drug-likeness (QED) is 0.598. The van der Waals surface area contributed by atoms with Gasteiger partial charge in [0.25, 0.3) is 0 Å². The Morgan fingerprint density at radius 3 is 2.56 bits per heavy atom. The van der Waals surface area contributed by atoms with E-state index in [0.717, 1.165) is 5.75 Å². The Labute approximate surface area is 99.1 Å². The molecule has 2 unspecified atom stereocenters. The first-order valence-electron chi connectivity index (χ1n) is 4.80. The number of carbonyl (C=O) groups is 2. The number of nitrogens with one attached hydrogen (secondary N) is 2. The van der Waals surface area contributed by atoms with Gasteiger partial charge in [0, 0.05) is 18.9 Å². The van der Waals surface area contributed by atoms with Crippen molar-refractivity contribution in [3.05, 3.63) is 0 Å². The normalized spacial score (nSPS) is 13.9. The molecule has 0 aromatic rings. The average Bonchev–Trinajstić information content (AvgIpc) is 2.18. The second kappa shape index (κ2) is 8.23. The van der Waals surface area contributed by atoms with Gasteiger partial charge in [0.2, 0.25) is 0 Å². The monoisotopic (exact) mass is 250 g/mol. The molecular formula is C9H18N2O4S. The summed E-state index contributed by atoms with van der Waals surface area (Å²) in [5, 5.41) is 13.8. The van der Waals surface area contributed by atoms with E-state index in [2.05, 4.69) is 15.4 Å². The highest BCUT2D eigenvalue weighted by atomic mass is 32.2. The van der Waals surface area contributed by atoms with Crippen LogP contribution in [0.25, 0.3) is 0 Å². The van der Waals surface area contributed by atoms with Crippen LogP contribution in [0.3, 0.4) is 0 Å². The molecule has 0 spiro atoms. The molecule has 0 radical (unpaired) electrons. The standard InChI is InChI=1S/C9H18N2O4S/c1-6(5-16-3)11-9(14)10-4-7(15-2)8(12)13/h6-7H,4-5H2,1-3H3,(H,12,13)(H2,10,11,14). The number of methoxy groups -OCH3 is 1. The van der Waals surface area contributed by atoms with Crippen molar-refractivity contribution >= 4 is 23.8 Å². The van der Waals surface area contributed by atoms with Gasteiger partial charge in [-0.25, -0.2) is 9.59 Å². The summed E-state index contributed by atoms with van der Waals surface area (Å²) >= 11 is 1.62. The van der Waals surface area contributed by atoms with Crippen LogP contribution in [-0.2, 0) is 9.53 Å². The Hall–Kier alpha value is -0.950. The highest BCUT2D eigenvalue weighted by molar-refractivity contribution is 7.98. The van der Waals surface area contributed by atoms with Gasteiger partial charge in [-0.1, -0.05) is 0 Å². The zero-order valence-electron chi connectivity index (χ0n) is 9.65. The highest BCUT2D eigenvalue weighted by Crippen LogP contribution is 1.95. The molecule has 0 aromatic heterocycles. The van der Waals surface area contributed by atoms with Crippen molar-refractivity contribution in [2.45, 2.75) is 19.1 Å². The topological polar surface area (TPSA) is 87.7 Å². The van der Waals surface area contributed by atoms with Gasteiger partial charge < -0.3 is 20.5 Å². The molecule has 3 N–H and O–H groups in total. The zero-order valence-corrected chi connectivity index (χ0v) is 10.5. The van der Waals surface area contributed by atoms with Gasteiger partial charge in [0.1, 0.15) is 0 Å². The Morgan fingerprint density at radius 2 is 2.12 bits per heavy atom. The van der Waals surface area contributed by atoms with Crippen molar-refractivity contribution in [2.24, 2.45) is 0 Å². The van der Waals surface area contributed by atoms with E-state index < -0.39 is 12.1 Å². The number of urea groups is 1. The van der Waals surface area contributed by atoms with Gasteiger partial charge in [0.05, 0.1) is 6.54 Å². The van der Waals surface area contributed by atoms with Crippen molar-refractivity contribution in [3.8, 4) is 0 Å². The van der Waals surface area contributed by atoms with Crippen molar-refractivity contribution in [2.75, 3.05) is 25.7 Å². The predicted octanol–water partition coefficient (Wildman–Crippen LogP) is 0.137. The third kappa shape index (κ3) is 6.52. The molecule has 0 heterocycles. The van der Waals surface area contributed by atoms with E-state index in [1.165, 1.54) is 7.11 Å². The average molecular weight is 250 g/mol. The summed E-state index contributed by atoms with van der Waals surface area (Å²) in [5.74, 6) is -0.292. The number of hydrogen-bond acceptors (Lipinski definition) is 4. The number of carboxylic acid groups (broad SMARTS) is 1. The van der Waals surface area contributed by atoms with Crippen LogP contribution in [0.1, 0.15) is 6.92 Å². The smallest absolute Gasteiger partial charge is 0.334 e. The van der Waals surface area contributed by atoms with E-state index in [1.807, 2.05) is 13.2 Å². The predicted molar refractivity (Wildman–Crippen MR) is 62.8 cm³/mol. The summed E-state index contributed by atoms with van der Waals surface area (Å²) < 4.78 is 4.67. The van der Waals surface area contributed by atoms with Crippen LogP contribution in [0.2, 0.25) is 0 Å². The molecule has 0 saturated carbocycles. The van der Waals surface area contributed by atoms with E-state index in [0.29, 0.717) is 0 Å². The van der Waals surface area contributed by atoms with Crippen LogP contribution in [0.15, 0.2) is 0 Å². The molecule has 0 fully saturated rings. The summed E-state index contributed by atoms with van der Waals surface area (Å²) in [4.78, 5) is 21.9. The molecule has 0 bridgehead atoms. The number of amides is 2. The van der Waals surface area contributed by atoms with Crippen LogP contribution in [0, 0.1) is 0 Å². The Bertz CT molecular complexity index is 238. The number of carbonyl (C=O) groups excluding carboxylic acids is 1. The van der Waals surface area contributed by atoms with Gasteiger partial charge in [-0.05, 0) is 13.2 Å². The van der Waals surface area contributed by atoms with Gasteiger partial charge in [-0.15, -0.1) is 0 Å². The number of hydrogen-bond donors (Lipinski definition) is 3. The second-order valence-corrected chi connectivity index (χ2v) is 4.18. The Balaban J connectivity index is 3.83. The first-order valence-corrected chi connectivity index (χ1v) is 6.19.